The van der Waals surface area contributed by atoms with Crippen LogP contribution in [0.2, 0.25) is 0 Å². The molecule has 7 heteroatoms. The summed E-state index contributed by atoms with van der Waals surface area (Å²) in [4.78, 5) is 25.9. The van der Waals surface area contributed by atoms with E-state index in [0.29, 0.717) is 11.3 Å². The Bertz CT molecular complexity index is 901. The maximum atomic E-state index is 13.1. The zero-order valence-corrected chi connectivity index (χ0v) is 18.4. The molecule has 2 unspecified atom stereocenters. The number of hydrogen-bond donors (Lipinski definition) is 3. The predicted molar refractivity (Wildman–Crippen MR) is 121 cm³/mol. The molecule has 3 rings (SSSR count). The molecule has 0 spiro atoms. The van der Waals surface area contributed by atoms with Gasteiger partial charge in [0.2, 0.25) is 5.91 Å². The number of anilines is 1. The summed E-state index contributed by atoms with van der Waals surface area (Å²) in [6, 6.07) is 12.1. The van der Waals surface area contributed by atoms with E-state index in [2.05, 4.69) is 10.6 Å². The number of rotatable bonds is 6. The number of ether oxygens (including phenoxy) is 1. The van der Waals surface area contributed by atoms with Crippen LogP contribution in [0.1, 0.15) is 54.2 Å². The highest BCUT2D eigenvalue weighted by Crippen LogP contribution is 2.31. The number of carbonyl (C=O) groups is 2. The molecule has 2 atom stereocenters. The van der Waals surface area contributed by atoms with Gasteiger partial charge in [-0.1, -0.05) is 32.0 Å². The smallest absolute Gasteiger partial charge is 0.255 e. The molecule has 2 aromatic rings. The number of methoxy groups -OCH3 is 1. The van der Waals surface area contributed by atoms with Crippen LogP contribution in [0.15, 0.2) is 42.5 Å². The maximum Gasteiger partial charge on any atom is 0.255 e. The third-order valence-electron chi connectivity index (χ3n) is 5.39. The number of benzene rings is 2. The minimum atomic E-state index is -0.647. The van der Waals surface area contributed by atoms with E-state index in [-0.39, 0.29) is 36.2 Å². The Balaban J connectivity index is 0.00000320. The molecule has 4 N–H and O–H groups in total. The van der Waals surface area contributed by atoms with Gasteiger partial charge >= 0.3 is 0 Å². The summed E-state index contributed by atoms with van der Waals surface area (Å²) in [5.74, 6) is -0.0964. The normalized spacial score (nSPS) is 16.1. The first-order chi connectivity index (χ1) is 13.9. The number of carbonyl (C=O) groups excluding carboxylic acids is 2. The van der Waals surface area contributed by atoms with Crippen molar-refractivity contribution in [1.82, 2.24) is 10.6 Å². The van der Waals surface area contributed by atoms with Crippen molar-refractivity contribution in [3.63, 3.8) is 0 Å². The van der Waals surface area contributed by atoms with Crippen LogP contribution in [0.3, 0.4) is 0 Å². The molecule has 162 valence electrons. The number of hydrogen-bond acceptors (Lipinski definition) is 4. The number of aryl methyl sites for hydroxylation is 1. The Kier molecular flexibility index (Phi) is 8.12. The summed E-state index contributed by atoms with van der Waals surface area (Å²) in [6.07, 6.45) is 2.82. The fourth-order valence-electron chi connectivity index (χ4n) is 3.83. The van der Waals surface area contributed by atoms with Crippen LogP contribution in [-0.2, 0) is 11.2 Å². The molecule has 1 aliphatic rings. The first-order valence-corrected chi connectivity index (χ1v) is 10.0. The summed E-state index contributed by atoms with van der Waals surface area (Å²) in [6.45, 7) is 3.84. The highest BCUT2D eigenvalue weighted by atomic mass is 35.5. The number of nitrogen functional groups attached to an aromatic ring is 1. The fourth-order valence-corrected chi connectivity index (χ4v) is 3.83. The van der Waals surface area contributed by atoms with Gasteiger partial charge in [-0.2, -0.15) is 0 Å². The fraction of sp³-hybridized carbons (Fsp3) is 0.391. The van der Waals surface area contributed by atoms with Gasteiger partial charge in [0.1, 0.15) is 11.8 Å². The van der Waals surface area contributed by atoms with Crippen LogP contribution < -0.4 is 21.1 Å². The minimum absolute atomic E-state index is 0. The molecular weight excluding hydrogens is 402 g/mol. The van der Waals surface area contributed by atoms with Crippen molar-refractivity contribution in [3.05, 3.63) is 59.2 Å². The molecule has 0 saturated heterocycles. The SMILES string of the molecule is COc1ccccc1C(=O)NC(C(=O)NC1CCCc2cc(N)ccc21)C(C)C.Cl. The predicted octanol–water partition coefficient (Wildman–Crippen LogP) is 3.65. The maximum absolute atomic E-state index is 13.1. The lowest BCUT2D eigenvalue weighted by Gasteiger charge is -2.30. The standard InChI is InChI=1S/C23H29N3O3.ClH/c1-14(2)21(26-22(27)18-8-4-5-10-20(18)29-3)23(28)25-19-9-6-7-15-13-16(24)11-12-17(15)19;/h4-5,8,10-14,19,21H,6-7,9,24H2,1-3H3,(H,25,28)(H,26,27);1H. The number of amides is 2. The first-order valence-electron chi connectivity index (χ1n) is 10.0. The Morgan fingerprint density at radius 3 is 2.60 bits per heavy atom. The van der Waals surface area contributed by atoms with Gasteiger partial charge in [-0.05, 0) is 60.6 Å². The number of para-hydroxylation sites is 1. The van der Waals surface area contributed by atoms with E-state index in [1.807, 2.05) is 32.0 Å². The molecule has 2 aromatic carbocycles. The average molecular weight is 432 g/mol. The van der Waals surface area contributed by atoms with Crippen molar-refractivity contribution >= 4 is 29.9 Å². The first kappa shape index (κ1) is 23.5. The van der Waals surface area contributed by atoms with E-state index in [9.17, 15) is 9.59 Å². The van der Waals surface area contributed by atoms with Crippen molar-refractivity contribution in [1.29, 1.82) is 0 Å². The quantitative estimate of drug-likeness (QED) is 0.608. The molecule has 0 heterocycles. The van der Waals surface area contributed by atoms with Gasteiger partial charge in [0.25, 0.3) is 5.91 Å². The van der Waals surface area contributed by atoms with Crippen LogP contribution in [0.5, 0.6) is 5.75 Å². The van der Waals surface area contributed by atoms with E-state index in [4.69, 9.17) is 10.5 Å². The highest BCUT2D eigenvalue weighted by Gasteiger charge is 2.29. The Hall–Kier alpha value is -2.73. The van der Waals surface area contributed by atoms with Crippen LogP contribution in [0.4, 0.5) is 5.69 Å². The monoisotopic (exact) mass is 431 g/mol. The lowest BCUT2D eigenvalue weighted by molar-refractivity contribution is -0.124. The molecule has 6 nitrogen and oxygen atoms in total. The van der Waals surface area contributed by atoms with E-state index < -0.39 is 6.04 Å². The lowest BCUT2D eigenvalue weighted by atomic mass is 9.87. The summed E-state index contributed by atoms with van der Waals surface area (Å²) < 4.78 is 5.27. The molecule has 0 saturated carbocycles. The van der Waals surface area contributed by atoms with Crippen molar-refractivity contribution in [3.8, 4) is 5.75 Å². The molecule has 0 aromatic heterocycles. The number of halogens is 1. The van der Waals surface area contributed by atoms with Gasteiger partial charge in [0.05, 0.1) is 18.7 Å². The van der Waals surface area contributed by atoms with Gasteiger partial charge < -0.3 is 21.1 Å². The zero-order valence-electron chi connectivity index (χ0n) is 17.6. The molecule has 0 bridgehead atoms. The second-order valence-electron chi connectivity index (χ2n) is 7.81. The lowest BCUT2D eigenvalue weighted by Crippen LogP contribution is -2.50. The molecule has 1 aliphatic carbocycles. The van der Waals surface area contributed by atoms with Crippen molar-refractivity contribution in [2.75, 3.05) is 12.8 Å². The van der Waals surface area contributed by atoms with Crippen LogP contribution in [-0.4, -0.2) is 25.0 Å². The van der Waals surface area contributed by atoms with Crippen molar-refractivity contribution in [2.45, 2.75) is 45.2 Å². The third-order valence-corrected chi connectivity index (χ3v) is 5.39. The van der Waals surface area contributed by atoms with Gasteiger partial charge in [0.15, 0.2) is 0 Å². The van der Waals surface area contributed by atoms with Gasteiger partial charge in [-0.15, -0.1) is 12.4 Å². The third kappa shape index (κ3) is 5.25. The van der Waals surface area contributed by atoms with E-state index in [0.717, 1.165) is 30.5 Å². The van der Waals surface area contributed by atoms with Crippen molar-refractivity contribution < 1.29 is 14.3 Å². The number of nitrogens with one attached hydrogen (secondary N) is 2. The molecular formula is C23H30ClN3O3. The van der Waals surface area contributed by atoms with Gasteiger partial charge in [-0.3, -0.25) is 9.59 Å². The Labute approximate surface area is 184 Å². The molecule has 30 heavy (non-hydrogen) atoms. The Morgan fingerprint density at radius 1 is 1.17 bits per heavy atom. The molecule has 0 radical (unpaired) electrons. The molecule has 0 aliphatic heterocycles. The van der Waals surface area contributed by atoms with Crippen molar-refractivity contribution in [2.24, 2.45) is 5.92 Å². The van der Waals surface area contributed by atoms with Crippen LogP contribution in [0, 0.1) is 5.92 Å². The van der Waals surface area contributed by atoms with Gasteiger partial charge in [-0.25, -0.2) is 0 Å². The van der Waals surface area contributed by atoms with E-state index in [1.54, 1.807) is 24.3 Å². The second kappa shape index (κ2) is 10.3. The highest BCUT2D eigenvalue weighted by molar-refractivity contribution is 5.99. The average Bonchev–Trinajstić information content (AvgIpc) is 2.71. The summed E-state index contributed by atoms with van der Waals surface area (Å²) in [5.41, 5.74) is 9.34. The number of nitrogens with two attached hydrogens (primary N) is 1. The van der Waals surface area contributed by atoms with Crippen LogP contribution >= 0.6 is 12.4 Å². The molecule has 0 fully saturated rings. The van der Waals surface area contributed by atoms with E-state index in [1.165, 1.54) is 12.7 Å². The minimum Gasteiger partial charge on any atom is -0.496 e. The second-order valence-corrected chi connectivity index (χ2v) is 7.81. The molecule has 2 amide bonds. The largest absolute Gasteiger partial charge is 0.496 e. The van der Waals surface area contributed by atoms with E-state index >= 15 is 0 Å². The topological polar surface area (TPSA) is 93.4 Å². The zero-order chi connectivity index (χ0) is 21.0. The Morgan fingerprint density at radius 2 is 1.90 bits per heavy atom. The summed E-state index contributed by atoms with van der Waals surface area (Å²) >= 11 is 0. The summed E-state index contributed by atoms with van der Waals surface area (Å²) in [7, 11) is 1.52. The van der Waals surface area contributed by atoms with Crippen LogP contribution in [0.25, 0.3) is 0 Å². The van der Waals surface area contributed by atoms with Gasteiger partial charge in [0, 0.05) is 5.69 Å². The number of fused-ring (bicyclic) bond motifs is 1. The summed E-state index contributed by atoms with van der Waals surface area (Å²) in [5, 5.41) is 6.01.